The molecule has 3 rings (SSSR count). The van der Waals surface area contributed by atoms with Crippen LogP contribution in [0.1, 0.15) is 24.4 Å². The third kappa shape index (κ3) is 2.92. The van der Waals surface area contributed by atoms with Crippen LogP contribution in [0, 0.1) is 5.92 Å². The van der Waals surface area contributed by atoms with Gasteiger partial charge in [-0.05, 0) is 46.8 Å². The molecule has 0 radical (unpaired) electrons. The van der Waals surface area contributed by atoms with Crippen LogP contribution >= 0.6 is 27.5 Å². The van der Waals surface area contributed by atoms with E-state index in [1.807, 2.05) is 6.07 Å². The van der Waals surface area contributed by atoms with E-state index in [-0.39, 0.29) is 0 Å². The van der Waals surface area contributed by atoms with Gasteiger partial charge in [-0.1, -0.05) is 11.6 Å². The lowest BCUT2D eigenvalue weighted by molar-refractivity contribution is 0.153. The van der Waals surface area contributed by atoms with Crippen LogP contribution < -0.4 is 5.32 Å². The summed E-state index contributed by atoms with van der Waals surface area (Å²) in [6.07, 6.45) is 2.50. The smallest absolute Gasteiger partial charge is 0.134 e. The van der Waals surface area contributed by atoms with E-state index in [1.54, 1.807) is 6.07 Å². The molecular weight excluding hydrogens is 328 g/mol. The summed E-state index contributed by atoms with van der Waals surface area (Å²) in [5.74, 6) is 1.01. The van der Waals surface area contributed by atoms with E-state index in [2.05, 4.69) is 26.1 Å². The lowest BCUT2D eigenvalue weighted by Gasteiger charge is -2.36. The molecule has 3 nitrogen and oxygen atoms in total. The Bertz CT molecular complexity index is 473. The zero-order chi connectivity index (χ0) is 13.4. The maximum atomic E-state index is 10.4. The Morgan fingerprint density at radius 3 is 2.63 bits per heavy atom. The number of phenols is 1. The first kappa shape index (κ1) is 13.7. The SMILES string of the molecule is Oc1c(Br)cc(Cl)cc1[C@@H](C1CC1)N1CCNCC1. The van der Waals surface area contributed by atoms with Crippen molar-refractivity contribution in [1.82, 2.24) is 10.2 Å². The van der Waals surface area contributed by atoms with Gasteiger partial charge >= 0.3 is 0 Å². The van der Waals surface area contributed by atoms with Gasteiger partial charge in [0.05, 0.1) is 4.47 Å². The fourth-order valence-electron chi connectivity index (χ4n) is 2.93. The Morgan fingerprint density at radius 1 is 1.32 bits per heavy atom. The molecule has 1 aromatic rings. The van der Waals surface area contributed by atoms with Gasteiger partial charge in [0, 0.05) is 42.8 Å². The van der Waals surface area contributed by atoms with Crippen molar-refractivity contribution in [3.05, 3.63) is 27.2 Å². The van der Waals surface area contributed by atoms with Crippen LogP contribution in [0.4, 0.5) is 0 Å². The summed E-state index contributed by atoms with van der Waals surface area (Å²) >= 11 is 9.55. The molecule has 0 spiro atoms. The maximum absolute atomic E-state index is 10.4. The number of aromatic hydroxyl groups is 1. The highest BCUT2D eigenvalue weighted by Gasteiger charge is 2.38. The summed E-state index contributed by atoms with van der Waals surface area (Å²) in [4.78, 5) is 2.48. The Hall–Kier alpha value is -0.290. The average molecular weight is 346 g/mol. The second-order valence-corrected chi connectivity index (χ2v) is 6.68. The third-order valence-corrected chi connectivity index (χ3v) is 4.81. The molecule has 1 saturated heterocycles. The fourth-order valence-corrected chi connectivity index (χ4v) is 3.77. The number of piperazine rings is 1. The molecule has 0 bridgehead atoms. The fraction of sp³-hybridized carbons (Fsp3) is 0.571. The van der Waals surface area contributed by atoms with E-state index in [9.17, 15) is 5.11 Å². The van der Waals surface area contributed by atoms with Crippen LogP contribution in [0.2, 0.25) is 5.02 Å². The highest BCUT2D eigenvalue weighted by Crippen LogP contribution is 2.48. The summed E-state index contributed by atoms with van der Waals surface area (Å²) in [5, 5.41) is 14.4. The highest BCUT2D eigenvalue weighted by molar-refractivity contribution is 9.10. The van der Waals surface area contributed by atoms with Crippen LogP contribution in [-0.2, 0) is 0 Å². The van der Waals surface area contributed by atoms with Crippen molar-refractivity contribution in [2.45, 2.75) is 18.9 Å². The van der Waals surface area contributed by atoms with Crippen LogP contribution in [0.3, 0.4) is 0 Å². The molecule has 2 aliphatic rings. The average Bonchev–Trinajstić information content (AvgIpc) is 3.21. The summed E-state index contributed by atoms with van der Waals surface area (Å²) in [7, 11) is 0. The van der Waals surface area contributed by atoms with Gasteiger partial charge in [-0.25, -0.2) is 0 Å². The normalized spacial score (nSPS) is 22.4. The minimum absolute atomic E-state index is 0.303. The number of phenolic OH excluding ortho intramolecular Hbond substituents is 1. The largest absolute Gasteiger partial charge is 0.506 e. The van der Waals surface area contributed by atoms with Gasteiger partial charge in [-0.3, -0.25) is 4.90 Å². The highest BCUT2D eigenvalue weighted by atomic mass is 79.9. The van der Waals surface area contributed by atoms with Crippen molar-refractivity contribution in [2.75, 3.05) is 26.2 Å². The van der Waals surface area contributed by atoms with Crippen LogP contribution in [0.15, 0.2) is 16.6 Å². The van der Waals surface area contributed by atoms with Crippen molar-refractivity contribution >= 4 is 27.5 Å². The molecular formula is C14H18BrClN2O. The van der Waals surface area contributed by atoms with Crippen molar-refractivity contribution in [3.8, 4) is 5.75 Å². The van der Waals surface area contributed by atoms with Gasteiger partial charge < -0.3 is 10.4 Å². The van der Waals surface area contributed by atoms with Crippen LogP contribution in [-0.4, -0.2) is 36.2 Å². The number of benzene rings is 1. The molecule has 0 unspecified atom stereocenters. The molecule has 2 N–H and O–H groups in total. The molecule has 5 heteroatoms. The van der Waals surface area contributed by atoms with Crippen LogP contribution in [0.25, 0.3) is 0 Å². The summed E-state index contributed by atoms with van der Waals surface area (Å²) in [5.41, 5.74) is 0.976. The number of halogens is 2. The minimum atomic E-state index is 0.303. The van der Waals surface area contributed by atoms with E-state index in [4.69, 9.17) is 11.6 Å². The molecule has 1 saturated carbocycles. The summed E-state index contributed by atoms with van der Waals surface area (Å²) in [6, 6.07) is 3.98. The molecule has 0 amide bonds. The van der Waals surface area contributed by atoms with Crippen LogP contribution in [0.5, 0.6) is 5.75 Å². The first-order valence-electron chi connectivity index (χ1n) is 6.79. The zero-order valence-electron chi connectivity index (χ0n) is 10.7. The lowest BCUT2D eigenvalue weighted by Crippen LogP contribution is -2.45. The zero-order valence-corrected chi connectivity index (χ0v) is 13.0. The maximum Gasteiger partial charge on any atom is 0.134 e. The molecule has 1 aliphatic heterocycles. The summed E-state index contributed by atoms with van der Waals surface area (Å²) < 4.78 is 0.691. The predicted octanol–water partition coefficient (Wildman–Crippen LogP) is 3.16. The van der Waals surface area contributed by atoms with E-state index in [1.165, 1.54) is 12.8 Å². The van der Waals surface area contributed by atoms with Gasteiger partial charge in [0.25, 0.3) is 0 Å². The topological polar surface area (TPSA) is 35.5 Å². The van der Waals surface area contributed by atoms with Gasteiger partial charge in [0.2, 0.25) is 0 Å². The third-order valence-electron chi connectivity index (χ3n) is 3.99. The van der Waals surface area contributed by atoms with Gasteiger partial charge in [0.15, 0.2) is 0 Å². The van der Waals surface area contributed by atoms with Crippen molar-refractivity contribution in [2.24, 2.45) is 5.92 Å². The van der Waals surface area contributed by atoms with E-state index >= 15 is 0 Å². The van der Waals surface area contributed by atoms with Gasteiger partial charge in [-0.2, -0.15) is 0 Å². The number of hydrogen-bond acceptors (Lipinski definition) is 3. The summed E-state index contributed by atoms with van der Waals surface area (Å²) in [6.45, 7) is 4.10. The Balaban J connectivity index is 1.95. The first-order chi connectivity index (χ1) is 9.16. The molecule has 2 fully saturated rings. The minimum Gasteiger partial charge on any atom is -0.506 e. The Morgan fingerprint density at radius 2 is 2.00 bits per heavy atom. The number of nitrogens with one attached hydrogen (secondary N) is 1. The molecule has 1 heterocycles. The van der Waals surface area contributed by atoms with E-state index in [0.29, 0.717) is 27.2 Å². The number of hydrogen-bond donors (Lipinski definition) is 2. The predicted molar refractivity (Wildman–Crippen MR) is 80.7 cm³/mol. The van der Waals surface area contributed by atoms with E-state index in [0.717, 1.165) is 31.7 Å². The first-order valence-corrected chi connectivity index (χ1v) is 7.96. The second kappa shape index (κ2) is 5.60. The molecule has 1 aromatic carbocycles. The monoisotopic (exact) mass is 344 g/mol. The van der Waals surface area contributed by atoms with Crippen molar-refractivity contribution in [3.63, 3.8) is 0 Å². The molecule has 0 aromatic heterocycles. The lowest BCUT2D eigenvalue weighted by atomic mass is 9.99. The number of nitrogens with zero attached hydrogens (tertiary/aromatic N) is 1. The quantitative estimate of drug-likeness (QED) is 0.883. The molecule has 104 valence electrons. The Kier molecular flexibility index (Phi) is 4.03. The van der Waals surface area contributed by atoms with Gasteiger partial charge in [-0.15, -0.1) is 0 Å². The standard InChI is InChI=1S/C14H18BrClN2O/c15-12-8-10(16)7-11(14(12)19)13(9-1-2-9)18-5-3-17-4-6-18/h7-9,13,17,19H,1-6H2/t13-/m1/s1. The number of rotatable bonds is 3. The molecule has 1 atom stereocenters. The van der Waals surface area contributed by atoms with Gasteiger partial charge in [0.1, 0.15) is 5.75 Å². The van der Waals surface area contributed by atoms with E-state index < -0.39 is 0 Å². The molecule has 19 heavy (non-hydrogen) atoms. The van der Waals surface area contributed by atoms with Crippen molar-refractivity contribution in [1.29, 1.82) is 0 Å². The molecule has 1 aliphatic carbocycles. The Labute approximate surface area is 127 Å². The second-order valence-electron chi connectivity index (χ2n) is 5.39. The van der Waals surface area contributed by atoms with Crippen molar-refractivity contribution < 1.29 is 5.11 Å².